The van der Waals surface area contributed by atoms with Crippen molar-refractivity contribution < 1.29 is 43.0 Å². The second kappa shape index (κ2) is 27.1. The van der Waals surface area contributed by atoms with Crippen LogP contribution in [0.15, 0.2) is 60.1 Å². The summed E-state index contributed by atoms with van der Waals surface area (Å²) in [7, 11) is 3.29. The highest BCUT2D eigenvalue weighted by molar-refractivity contribution is 6.40. The van der Waals surface area contributed by atoms with Gasteiger partial charge in [-0.1, -0.05) is 27.2 Å². The van der Waals surface area contributed by atoms with Gasteiger partial charge in [-0.25, -0.2) is 4.99 Å². The maximum absolute atomic E-state index is 9.88. The smallest absolute Gasteiger partial charge is 0.163 e. The number of aliphatic hydroxyl groups is 1. The van der Waals surface area contributed by atoms with Crippen molar-refractivity contribution >= 4 is 41.3 Å². The molecule has 3 aliphatic heterocycles. The molecule has 6 bridgehead atoms. The molecular weight excluding hydrogens is 803 g/mol. The van der Waals surface area contributed by atoms with Crippen molar-refractivity contribution in [3.05, 3.63) is 62.6 Å². The third kappa shape index (κ3) is 14.4. The van der Waals surface area contributed by atoms with Crippen LogP contribution in [-0.4, -0.2) is 140 Å². The van der Waals surface area contributed by atoms with Gasteiger partial charge in [0.25, 0.3) is 0 Å². The largest absolute Gasteiger partial charge is 0.487 e. The Morgan fingerprint density at radius 1 is 0.667 bits per heavy atom. The molecule has 0 amide bonds. The van der Waals surface area contributed by atoms with Crippen LogP contribution in [0.3, 0.4) is 0 Å². The predicted octanol–water partition coefficient (Wildman–Crippen LogP) is 8.13. The fraction of sp³-hybridized carbons (Fsp3) is 0.592. The number of benzene rings is 1. The molecule has 0 fully saturated rings. The van der Waals surface area contributed by atoms with Crippen molar-refractivity contribution in [2.24, 2.45) is 20.0 Å². The van der Waals surface area contributed by atoms with Crippen LogP contribution in [0.5, 0.6) is 11.5 Å². The van der Waals surface area contributed by atoms with Crippen LogP contribution in [0.4, 0.5) is 11.4 Å². The number of hydrogen-bond acceptors (Lipinski definition) is 13. The Hall–Kier alpha value is -4.28. The first-order valence-electron chi connectivity index (χ1n) is 22.8. The molecule has 0 aliphatic carbocycles. The summed E-state index contributed by atoms with van der Waals surface area (Å²) in [5.41, 5.74) is 13.3. The number of H-pyrrole nitrogens is 1. The quantitative estimate of drug-likeness (QED) is 0.0806. The average Bonchev–Trinajstić information content (AvgIpc) is 3.89. The molecular formula is C49H71N5O9. The lowest BCUT2D eigenvalue weighted by Crippen LogP contribution is -2.14. The molecule has 0 saturated heterocycles. The fourth-order valence-corrected chi connectivity index (χ4v) is 7.92. The van der Waals surface area contributed by atoms with Crippen LogP contribution < -0.4 is 9.47 Å². The minimum Gasteiger partial charge on any atom is -0.487 e. The molecule has 1 aromatic carbocycles. The molecule has 0 saturated carbocycles. The van der Waals surface area contributed by atoms with Gasteiger partial charge in [0.1, 0.15) is 13.2 Å². The van der Waals surface area contributed by atoms with E-state index in [2.05, 4.69) is 45.7 Å². The Bertz CT molecular complexity index is 1990. The first kappa shape index (κ1) is 49.7. The van der Waals surface area contributed by atoms with E-state index in [0.717, 1.165) is 72.5 Å². The highest BCUT2D eigenvalue weighted by Crippen LogP contribution is 2.41. The van der Waals surface area contributed by atoms with Gasteiger partial charge in [0.15, 0.2) is 11.5 Å². The van der Waals surface area contributed by atoms with Crippen LogP contribution in [0.25, 0.3) is 6.08 Å². The second-order valence-corrected chi connectivity index (χ2v) is 15.6. The van der Waals surface area contributed by atoms with E-state index in [1.54, 1.807) is 20.4 Å². The number of unbranched alkanes of at least 4 members (excludes halogenated alkanes) is 1. The first-order chi connectivity index (χ1) is 30.9. The molecule has 2 aromatic rings. The highest BCUT2D eigenvalue weighted by atomic mass is 16.6. The number of aromatic amines is 1. The fourth-order valence-electron chi connectivity index (χ4n) is 7.92. The molecule has 63 heavy (non-hydrogen) atoms. The molecule has 14 nitrogen and oxygen atoms in total. The first-order valence-corrected chi connectivity index (χ1v) is 22.8. The van der Waals surface area contributed by atoms with Crippen molar-refractivity contribution in [2.45, 2.75) is 92.0 Å². The molecule has 0 spiro atoms. The number of ether oxygens (including phenoxy) is 8. The number of aliphatic hydroxyl groups excluding tert-OH is 1. The van der Waals surface area contributed by atoms with E-state index in [-0.39, 0.29) is 25.9 Å². The molecule has 3 aliphatic rings. The van der Waals surface area contributed by atoms with Crippen molar-refractivity contribution in [3.8, 4) is 11.5 Å². The van der Waals surface area contributed by atoms with Gasteiger partial charge in [0.05, 0.1) is 113 Å². The third-order valence-electron chi connectivity index (χ3n) is 11.3. The number of nitrogens with zero attached hydrogens (tertiary/aromatic N) is 4. The summed E-state index contributed by atoms with van der Waals surface area (Å²) in [5, 5.41) is 9.88. The summed E-state index contributed by atoms with van der Waals surface area (Å²) in [5.74, 6) is 1.00. The van der Waals surface area contributed by atoms with Gasteiger partial charge in [-0.3, -0.25) is 15.0 Å². The topological polar surface area (TPSA) is 159 Å². The number of nitrogens with one attached hydrogen (secondary N) is 1. The number of methoxy groups -OCH3 is 2. The van der Waals surface area contributed by atoms with Crippen LogP contribution >= 0.6 is 0 Å². The summed E-state index contributed by atoms with van der Waals surface area (Å²) >= 11 is 0. The molecule has 5 rings (SSSR count). The maximum atomic E-state index is 9.88. The van der Waals surface area contributed by atoms with E-state index < -0.39 is 0 Å². The zero-order valence-electron chi connectivity index (χ0n) is 38.8. The zero-order chi connectivity index (χ0) is 44.8. The molecule has 0 radical (unpaired) electrons. The Morgan fingerprint density at radius 3 is 1.76 bits per heavy atom. The number of aromatic nitrogens is 1. The summed E-state index contributed by atoms with van der Waals surface area (Å²) in [4.78, 5) is 24.5. The van der Waals surface area contributed by atoms with Gasteiger partial charge in [0, 0.05) is 50.8 Å². The molecule has 346 valence electrons. The van der Waals surface area contributed by atoms with Gasteiger partial charge < -0.3 is 48.0 Å². The van der Waals surface area contributed by atoms with E-state index in [9.17, 15) is 5.11 Å². The Morgan fingerprint density at radius 2 is 1.22 bits per heavy atom. The minimum absolute atomic E-state index is 0.00196. The summed E-state index contributed by atoms with van der Waals surface area (Å²) < 4.78 is 45.4. The lowest BCUT2D eigenvalue weighted by atomic mass is 9.93. The Balaban J connectivity index is 1.54. The summed E-state index contributed by atoms with van der Waals surface area (Å²) in [6.45, 7) is 16.2. The van der Waals surface area contributed by atoms with Crippen molar-refractivity contribution in [3.63, 3.8) is 0 Å². The third-order valence-corrected chi connectivity index (χ3v) is 11.3. The second-order valence-electron chi connectivity index (χ2n) is 15.6. The summed E-state index contributed by atoms with van der Waals surface area (Å²) in [6, 6.07) is 3.72. The van der Waals surface area contributed by atoms with E-state index in [1.165, 1.54) is 28.0 Å². The van der Waals surface area contributed by atoms with Gasteiger partial charge in [0.2, 0.25) is 0 Å². The standard InChI is InChI=1S/C49H71N5O9/c1-8-11-13-38-34(4)46-32-50-44-30-48(62-26-24-60-22-20-58-18-16-56-6)49(63-27-25-61-23-21-59-19-17-57-7)31-45(44)51-33-47-35(5)39(14-12-15-55)43(54-47)29-41-37(10-3)36(9-2)40(52-41)28-42(38)53-46/h29-33,42,52,55H,8-28H2,1-7H3. The molecule has 2 N–H and O–H groups in total. The predicted molar refractivity (Wildman–Crippen MR) is 252 cm³/mol. The molecule has 4 heterocycles. The monoisotopic (exact) mass is 874 g/mol. The van der Waals surface area contributed by atoms with Gasteiger partial charge in [-0.15, -0.1) is 0 Å². The number of aliphatic imine (C=N–C) groups is 4. The minimum atomic E-state index is -0.00196. The molecule has 1 aromatic heterocycles. The van der Waals surface area contributed by atoms with Crippen molar-refractivity contribution in [1.82, 2.24) is 4.98 Å². The SMILES string of the molecule is CCCCC1=C(C)C2=NC1Cc1[nH]c(c(CC)c1CC)C=C1N=C(C=Nc3cc(OCCOCCOCCOC)c(OCCOCCOCCOC)cc3N=C2)C(C)=C1CCCO. The number of fused-ring (bicyclic) bond motifs is 5. The van der Waals surface area contributed by atoms with Crippen LogP contribution in [0.1, 0.15) is 89.2 Å². The van der Waals surface area contributed by atoms with Crippen LogP contribution in [0.2, 0.25) is 0 Å². The number of allylic oxidation sites excluding steroid dienone is 3. The number of rotatable bonds is 28. The Labute approximate surface area is 374 Å². The van der Waals surface area contributed by atoms with Gasteiger partial charge >= 0.3 is 0 Å². The molecule has 14 heteroatoms. The Kier molecular flexibility index (Phi) is 21.4. The summed E-state index contributed by atoms with van der Waals surface area (Å²) in [6.07, 6.45) is 13.0. The molecule has 1 atom stereocenters. The molecule has 1 unspecified atom stereocenters. The lowest BCUT2D eigenvalue weighted by molar-refractivity contribution is 0.0160. The normalized spacial score (nSPS) is 16.1. The maximum Gasteiger partial charge on any atom is 0.163 e. The lowest BCUT2D eigenvalue weighted by Gasteiger charge is -2.15. The van der Waals surface area contributed by atoms with Crippen molar-refractivity contribution in [1.29, 1.82) is 0 Å². The van der Waals surface area contributed by atoms with Crippen LogP contribution in [0, 0.1) is 0 Å². The van der Waals surface area contributed by atoms with E-state index in [1.807, 2.05) is 18.3 Å². The van der Waals surface area contributed by atoms with E-state index in [4.69, 9.17) is 57.9 Å². The van der Waals surface area contributed by atoms with Crippen molar-refractivity contribution in [2.75, 3.05) is 100 Å². The zero-order valence-corrected chi connectivity index (χ0v) is 38.8. The number of hydrogen-bond donors (Lipinski definition) is 2. The highest BCUT2D eigenvalue weighted by Gasteiger charge is 2.28. The van der Waals surface area contributed by atoms with Crippen LogP contribution in [-0.2, 0) is 47.7 Å². The van der Waals surface area contributed by atoms with Gasteiger partial charge in [-0.05, 0) is 91.9 Å². The average molecular weight is 874 g/mol. The van der Waals surface area contributed by atoms with E-state index >= 15 is 0 Å². The van der Waals surface area contributed by atoms with Gasteiger partial charge in [-0.2, -0.15) is 0 Å². The van der Waals surface area contributed by atoms with E-state index in [0.29, 0.717) is 102 Å².